The van der Waals surface area contributed by atoms with E-state index in [4.69, 9.17) is 0 Å². The summed E-state index contributed by atoms with van der Waals surface area (Å²) in [6.07, 6.45) is 4.73. The standard InChI is InChI=1S/C23H27N3O2/c1-16-14-18(11-12-21(16)26-13-5-10-23(26)28)24-15-22(27)25-20-9-4-7-17-6-2-3-8-19(17)20/h2-3,6,8,11-12,14,20,24H,4-5,7,9-10,13,15H2,1H3,(H,25,27)/t20-/m0/s1. The molecule has 0 aromatic heterocycles. The molecule has 2 N–H and O–H groups in total. The second-order valence-corrected chi connectivity index (χ2v) is 7.71. The number of anilines is 2. The van der Waals surface area contributed by atoms with Crippen LogP contribution < -0.4 is 15.5 Å². The summed E-state index contributed by atoms with van der Waals surface area (Å²) in [5.74, 6) is 0.189. The maximum atomic E-state index is 12.5. The fraction of sp³-hybridized carbons (Fsp3) is 0.391. The lowest BCUT2D eigenvalue weighted by Crippen LogP contribution is -2.35. The minimum Gasteiger partial charge on any atom is -0.376 e. The van der Waals surface area contributed by atoms with Gasteiger partial charge in [0, 0.05) is 24.3 Å². The van der Waals surface area contributed by atoms with Gasteiger partial charge in [0.15, 0.2) is 0 Å². The Hall–Kier alpha value is -2.82. The molecule has 1 aliphatic carbocycles. The van der Waals surface area contributed by atoms with Crippen LogP contribution in [0.25, 0.3) is 0 Å². The van der Waals surface area contributed by atoms with E-state index < -0.39 is 0 Å². The number of benzene rings is 2. The number of fused-ring (bicyclic) bond motifs is 1. The van der Waals surface area contributed by atoms with Crippen molar-refractivity contribution in [3.63, 3.8) is 0 Å². The molecular formula is C23H27N3O2. The highest BCUT2D eigenvalue weighted by Gasteiger charge is 2.23. The number of hydrogen-bond acceptors (Lipinski definition) is 3. The summed E-state index contributed by atoms with van der Waals surface area (Å²) < 4.78 is 0. The van der Waals surface area contributed by atoms with Gasteiger partial charge in [-0.15, -0.1) is 0 Å². The first-order chi connectivity index (χ1) is 13.6. The molecule has 0 saturated carbocycles. The van der Waals surface area contributed by atoms with Gasteiger partial charge in [0.2, 0.25) is 11.8 Å². The number of carbonyl (C=O) groups is 2. The van der Waals surface area contributed by atoms with Crippen molar-refractivity contribution in [2.45, 2.75) is 45.1 Å². The molecule has 1 fully saturated rings. The molecule has 2 aliphatic rings. The Bertz CT molecular complexity index is 893. The predicted molar refractivity (Wildman–Crippen MR) is 112 cm³/mol. The Morgan fingerprint density at radius 3 is 2.79 bits per heavy atom. The maximum absolute atomic E-state index is 12.5. The first-order valence-electron chi connectivity index (χ1n) is 10.1. The van der Waals surface area contributed by atoms with Gasteiger partial charge in [-0.25, -0.2) is 0 Å². The van der Waals surface area contributed by atoms with Crippen LogP contribution in [-0.4, -0.2) is 24.9 Å². The second-order valence-electron chi connectivity index (χ2n) is 7.71. The average Bonchev–Trinajstić information content (AvgIpc) is 3.12. The fourth-order valence-corrected chi connectivity index (χ4v) is 4.30. The van der Waals surface area contributed by atoms with Crippen LogP contribution in [-0.2, 0) is 16.0 Å². The number of rotatable bonds is 5. The highest BCUT2D eigenvalue weighted by Crippen LogP contribution is 2.30. The quantitative estimate of drug-likeness (QED) is 0.835. The lowest BCUT2D eigenvalue weighted by molar-refractivity contribution is -0.120. The topological polar surface area (TPSA) is 61.4 Å². The SMILES string of the molecule is Cc1cc(NCC(=O)N[C@H]2CCCc3ccccc32)ccc1N1CCCC1=O. The van der Waals surface area contributed by atoms with Crippen LogP contribution in [0.15, 0.2) is 42.5 Å². The number of carbonyl (C=O) groups excluding carboxylic acids is 2. The Morgan fingerprint density at radius 2 is 2.00 bits per heavy atom. The molecule has 2 aromatic carbocycles. The van der Waals surface area contributed by atoms with Crippen LogP contribution in [0.1, 0.15) is 48.4 Å². The number of nitrogens with one attached hydrogen (secondary N) is 2. The smallest absolute Gasteiger partial charge is 0.239 e. The van der Waals surface area contributed by atoms with Crippen LogP contribution in [0.2, 0.25) is 0 Å². The van der Waals surface area contributed by atoms with E-state index in [1.807, 2.05) is 36.1 Å². The summed E-state index contributed by atoms with van der Waals surface area (Å²) in [6, 6.07) is 14.4. The molecule has 28 heavy (non-hydrogen) atoms. The van der Waals surface area contributed by atoms with Crippen molar-refractivity contribution in [1.29, 1.82) is 0 Å². The van der Waals surface area contributed by atoms with E-state index in [9.17, 15) is 9.59 Å². The third-order valence-electron chi connectivity index (χ3n) is 5.72. The molecule has 1 heterocycles. The molecule has 1 atom stereocenters. The minimum atomic E-state index is -0.00171. The minimum absolute atomic E-state index is 0.00171. The molecular weight excluding hydrogens is 350 g/mol. The van der Waals surface area contributed by atoms with Crippen molar-refractivity contribution in [3.05, 3.63) is 59.2 Å². The Labute approximate surface area is 166 Å². The van der Waals surface area contributed by atoms with Crippen LogP contribution in [0.5, 0.6) is 0 Å². The first kappa shape index (κ1) is 18.5. The van der Waals surface area contributed by atoms with Crippen molar-refractivity contribution < 1.29 is 9.59 Å². The number of nitrogens with zero attached hydrogens (tertiary/aromatic N) is 1. The second kappa shape index (κ2) is 8.05. The lowest BCUT2D eigenvalue weighted by Gasteiger charge is -2.26. The molecule has 2 amide bonds. The van der Waals surface area contributed by atoms with Crippen molar-refractivity contribution in [2.75, 3.05) is 23.3 Å². The van der Waals surface area contributed by atoms with E-state index in [-0.39, 0.29) is 24.4 Å². The molecule has 0 spiro atoms. The predicted octanol–water partition coefficient (Wildman–Crippen LogP) is 3.73. The van der Waals surface area contributed by atoms with Gasteiger partial charge >= 0.3 is 0 Å². The lowest BCUT2D eigenvalue weighted by atomic mass is 9.88. The summed E-state index contributed by atoms with van der Waals surface area (Å²) in [4.78, 5) is 26.3. The molecule has 0 radical (unpaired) electrons. The Balaban J connectivity index is 1.35. The van der Waals surface area contributed by atoms with Gasteiger partial charge in [0.25, 0.3) is 0 Å². The zero-order valence-corrected chi connectivity index (χ0v) is 16.3. The molecule has 146 valence electrons. The van der Waals surface area contributed by atoms with Gasteiger partial charge in [-0.3, -0.25) is 9.59 Å². The molecule has 2 aromatic rings. The van der Waals surface area contributed by atoms with Gasteiger partial charge in [-0.2, -0.15) is 0 Å². The van der Waals surface area contributed by atoms with Gasteiger partial charge in [0.05, 0.1) is 12.6 Å². The van der Waals surface area contributed by atoms with E-state index >= 15 is 0 Å². The molecule has 4 rings (SSSR count). The van der Waals surface area contributed by atoms with Crippen molar-refractivity contribution in [3.8, 4) is 0 Å². The van der Waals surface area contributed by atoms with Crippen LogP contribution in [0, 0.1) is 6.92 Å². The average molecular weight is 377 g/mol. The van der Waals surface area contributed by atoms with E-state index in [0.717, 1.165) is 49.2 Å². The van der Waals surface area contributed by atoms with Gasteiger partial charge in [-0.1, -0.05) is 24.3 Å². The number of aryl methyl sites for hydroxylation is 2. The molecule has 5 heteroatoms. The number of amides is 2. The monoisotopic (exact) mass is 377 g/mol. The van der Waals surface area contributed by atoms with Crippen molar-refractivity contribution in [1.82, 2.24) is 5.32 Å². The van der Waals surface area contributed by atoms with Crippen LogP contribution >= 0.6 is 0 Å². The molecule has 1 saturated heterocycles. The fourth-order valence-electron chi connectivity index (χ4n) is 4.30. The summed E-state index contributed by atoms with van der Waals surface area (Å²) in [5.41, 5.74) is 5.50. The third kappa shape index (κ3) is 3.88. The molecule has 0 bridgehead atoms. The molecule has 5 nitrogen and oxygen atoms in total. The molecule has 1 aliphatic heterocycles. The Kier molecular flexibility index (Phi) is 5.33. The van der Waals surface area contributed by atoms with Gasteiger partial charge in [-0.05, 0) is 67.5 Å². The van der Waals surface area contributed by atoms with Crippen molar-refractivity contribution in [2.24, 2.45) is 0 Å². The highest BCUT2D eigenvalue weighted by atomic mass is 16.2. The summed E-state index contributed by atoms with van der Waals surface area (Å²) >= 11 is 0. The number of hydrogen-bond donors (Lipinski definition) is 2. The van der Waals surface area contributed by atoms with E-state index in [0.29, 0.717) is 6.42 Å². The Morgan fingerprint density at radius 1 is 1.14 bits per heavy atom. The van der Waals surface area contributed by atoms with Crippen LogP contribution in [0.4, 0.5) is 11.4 Å². The largest absolute Gasteiger partial charge is 0.376 e. The van der Waals surface area contributed by atoms with Gasteiger partial charge < -0.3 is 15.5 Å². The highest BCUT2D eigenvalue weighted by molar-refractivity contribution is 5.96. The molecule has 0 unspecified atom stereocenters. The van der Waals surface area contributed by atoms with E-state index in [1.54, 1.807) is 0 Å². The maximum Gasteiger partial charge on any atom is 0.239 e. The first-order valence-corrected chi connectivity index (χ1v) is 10.1. The van der Waals surface area contributed by atoms with Gasteiger partial charge in [0.1, 0.15) is 0 Å². The van der Waals surface area contributed by atoms with E-state index in [1.165, 1.54) is 11.1 Å². The zero-order chi connectivity index (χ0) is 19.5. The summed E-state index contributed by atoms with van der Waals surface area (Å²) in [5, 5.41) is 6.38. The van der Waals surface area contributed by atoms with E-state index in [2.05, 4.69) is 28.8 Å². The zero-order valence-electron chi connectivity index (χ0n) is 16.3. The van der Waals surface area contributed by atoms with Crippen LogP contribution in [0.3, 0.4) is 0 Å². The summed E-state index contributed by atoms with van der Waals surface area (Å²) in [6.45, 7) is 3.03. The van der Waals surface area contributed by atoms with Crippen molar-refractivity contribution >= 4 is 23.2 Å². The third-order valence-corrected chi connectivity index (χ3v) is 5.72. The summed E-state index contributed by atoms with van der Waals surface area (Å²) in [7, 11) is 0. The normalized spacial score (nSPS) is 18.7.